The smallest absolute Gasteiger partial charge is 0.282 e. The van der Waals surface area contributed by atoms with Crippen molar-refractivity contribution in [3.05, 3.63) is 99.6 Å². The van der Waals surface area contributed by atoms with E-state index in [4.69, 9.17) is 0 Å². The Kier molecular flexibility index (Phi) is 6.87. The molecule has 8 heteroatoms. The zero-order valence-electron chi connectivity index (χ0n) is 18.9. The number of piperazine rings is 1. The number of anilines is 2. The molecule has 34 heavy (non-hydrogen) atoms. The Labute approximate surface area is 198 Å². The van der Waals surface area contributed by atoms with E-state index in [1.807, 2.05) is 41.3 Å². The van der Waals surface area contributed by atoms with Crippen LogP contribution in [-0.4, -0.2) is 47.8 Å². The number of hydrogen-bond donors (Lipinski definition) is 1. The van der Waals surface area contributed by atoms with Crippen LogP contribution < -0.4 is 10.2 Å². The fraction of sp³-hybridized carbons (Fsp3) is 0.231. The standard InChI is InChI=1S/C26H26N4O4/c1-2-19-7-9-20(10-8-19)26(32)29-17-15-28(16-18-29)22-13-11-21(12-14-22)27-25(31)23-5-3-4-6-24(23)30(33)34/h3-14H,2,15-18H2,1H3,(H,27,31). The highest BCUT2D eigenvalue weighted by molar-refractivity contribution is 6.07. The van der Waals surface area contributed by atoms with Crippen molar-refractivity contribution in [3.8, 4) is 0 Å². The van der Waals surface area contributed by atoms with Crippen LogP contribution >= 0.6 is 0 Å². The maximum Gasteiger partial charge on any atom is 0.282 e. The van der Waals surface area contributed by atoms with Crippen molar-refractivity contribution in [2.45, 2.75) is 13.3 Å². The number of rotatable bonds is 6. The lowest BCUT2D eigenvalue weighted by Gasteiger charge is -2.36. The summed E-state index contributed by atoms with van der Waals surface area (Å²) in [6.45, 7) is 4.77. The summed E-state index contributed by atoms with van der Waals surface area (Å²) in [6.07, 6.45) is 0.946. The lowest BCUT2D eigenvalue weighted by atomic mass is 10.1. The summed E-state index contributed by atoms with van der Waals surface area (Å²) >= 11 is 0. The first-order valence-corrected chi connectivity index (χ1v) is 11.2. The van der Waals surface area contributed by atoms with Gasteiger partial charge in [0.05, 0.1) is 4.92 Å². The summed E-state index contributed by atoms with van der Waals surface area (Å²) in [7, 11) is 0. The molecule has 0 radical (unpaired) electrons. The second kappa shape index (κ2) is 10.2. The third kappa shape index (κ3) is 5.06. The zero-order valence-corrected chi connectivity index (χ0v) is 18.9. The average Bonchev–Trinajstić information content (AvgIpc) is 2.89. The molecule has 0 aromatic heterocycles. The number of hydrogen-bond acceptors (Lipinski definition) is 5. The van der Waals surface area contributed by atoms with Crippen molar-refractivity contribution in [2.75, 3.05) is 36.4 Å². The fourth-order valence-corrected chi connectivity index (χ4v) is 4.01. The number of nitrogens with zero attached hydrogens (tertiary/aromatic N) is 3. The van der Waals surface area contributed by atoms with Gasteiger partial charge in [-0.2, -0.15) is 0 Å². The number of nitro groups is 1. The van der Waals surface area contributed by atoms with E-state index in [0.29, 0.717) is 37.4 Å². The van der Waals surface area contributed by atoms with Crippen LogP contribution in [0.4, 0.5) is 17.1 Å². The Bertz CT molecular complexity index is 1180. The predicted octanol–water partition coefficient (Wildman–Crippen LogP) is 4.37. The minimum Gasteiger partial charge on any atom is -0.368 e. The molecule has 8 nitrogen and oxygen atoms in total. The highest BCUT2D eigenvalue weighted by Crippen LogP contribution is 2.23. The lowest BCUT2D eigenvalue weighted by molar-refractivity contribution is -0.385. The molecule has 1 fully saturated rings. The molecule has 2 amide bonds. The molecule has 0 aliphatic carbocycles. The molecule has 1 heterocycles. The van der Waals surface area contributed by atoms with Crippen molar-refractivity contribution in [3.63, 3.8) is 0 Å². The Morgan fingerprint density at radius 3 is 2.18 bits per heavy atom. The van der Waals surface area contributed by atoms with Gasteiger partial charge in [0.2, 0.25) is 0 Å². The van der Waals surface area contributed by atoms with E-state index in [2.05, 4.69) is 17.1 Å². The highest BCUT2D eigenvalue weighted by atomic mass is 16.6. The monoisotopic (exact) mass is 458 g/mol. The maximum atomic E-state index is 12.8. The molecule has 0 spiro atoms. The van der Waals surface area contributed by atoms with Crippen LogP contribution in [-0.2, 0) is 6.42 Å². The topological polar surface area (TPSA) is 95.8 Å². The van der Waals surface area contributed by atoms with Gasteiger partial charge in [-0.05, 0) is 54.4 Å². The van der Waals surface area contributed by atoms with Gasteiger partial charge in [0.15, 0.2) is 0 Å². The number of benzene rings is 3. The third-order valence-electron chi connectivity index (χ3n) is 6.01. The van der Waals surface area contributed by atoms with E-state index >= 15 is 0 Å². The first kappa shape index (κ1) is 23.0. The Hall–Kier alpha value is -4.20. The van der Waals surface area contributed by atoms with Gasteiger partial charge in [-0.25, -0.2) is 0 Å². The minimum atomic E-state index is -0.567. The summed E-state index contributed by atoms with van der Waals surface area (Å²) in [4.78, 5) is 40.0. The van der Waals surface area contributed by atoms with E-state index < -0.39 is 10.8 Å². The fourth-order valence-electron chi connectivity index (χ4n) is 4.01. The summed E-state index contributed by atoms with van der Waals surface area (Å²) in [5.41, 5.74) is 3.25. The van der Waals surface area contributed by atoms with E-state index in [9.17, 15) is 19.7 Å². The maximum absolute atomic E-state index is 12.8. The molecule has 3 aromatic rings. The number of nitrogens with one attached hydrogen (secondary N) is 1. The number of carbonyl (C=O) groups excluding carboxylic acids is 2. The van der Waals surface area contributed by atoms with Crippen LogP contribution in [0, 0.1) is 10.1 Å². The number of aryl methyl sites for hydroxylation is 1. The van der Waals surface area contributed by atoms with E-state index in [1.165, 1.54) is 23.8 Å². The first-order chi connectivity index (χ1) is 16.5. The normalized spacial score (nSPS) is 13.4. The SMILES string of the molecule is CCc1ccc(C(=O)N2CCN(c3ccc(NC(=O)c4ccccc4[N+](=O)[O-])cc3)CC2)cc1. The molecule has 1 saturated heterocycles. The van der Waals surface area contributed by atoms with Crippen molar-refractivity contribution in [1.82, 2.24) is 4.90 Å². The van der Waals surface area contributed by atoms with Gasteiger partial charge in [-0.3, -0.25) is 19.7 Å². The van der Waals surface area contributed by atoms with Crippen LogP contribution in [0.2, 0.25) is 0 Å². The molecule has 0 bridgehead atoms. The molecule has 4 rings (SSSR count). The molecule has 0 unspecified atom stereocenters. The average molecular weight is 459 g/mol. The number of carbonyl (C=O) groups is 2. The third-order valence-corrected chi connectivity index (χ3v) is 6.01. The molecule has 1 N–H and O–H groups in total. The quantitative estimate of drug-likeness (QED) is 0.437. The van der Waals surface area contributed by atoms with Gasteiger partial charge in [-0.1, -0.05) is 31.2 Å². The van der Waals surface area contributed by atoms with Gasteiger partial charge in [0, 0.05) is 49.2 Å². The molecule has 3 aromatic carbocycles. The molecule has 0 atom stereocenters. The van der Waals surface area contributed by atoms with Crippen molar-refractivity contribution < 1.29 is 14.5 Å². The molecule has 0 saturated carbocycles. The Balaban J connectivity index is 1.34. The van der Waals surface area contributed by atoms with Crippen molar-refractivity contribution in [2.24, 2.45) is 0 Å². The van der Waals surface area contributed by atoms with Crippen LogP contribution in [0.15, 0.2) is 72.8 Å². The second-order valence-electron chi connectivity index (χ2n) is 8.10. The largest absolute Gasteiger partial charge is 0.368 e. The lowest BCUT2D eigenvalue weighted by Crippen LogP contribution is -2.48. The second-order valence-corrected chi connectivity index (χ2v) is 8.10. The first-order valence-electron chi connectivity index (χ1n) is 11.2. The van der Waals surface area contributed by atoms with Gasteiger partial charge in [0.25, 0.3) is 17.5 Å². The Morgan fingerprint density at radius 1 is 0.912 bits per heavy atom. The summed E-state index contributed by atoms with van der Waals surface area (Å²) in [5.74, 6) is -0.477. The molecular weight excluding hydrogens is 432 g/mol. The number of nitro benzene ring substituents is 1. The van der Waals surface area contributed by atoms with Crippen molar-refractivity contribution >= 4 is 28.9 Å². The zero-order chi connectivity index (χ0) is 24.1. The van der Waals surface area contributed by atoms with E-state index in [0.717, 1.165) is 12.1 Å². The molecule has 1 aliphatic rings. The Morgan fingerprint density at radius 2 is 1.56 bits per heavy atom. The van der Waals surface area contributed by atoms with Crippen molar-refractivity contribution in [1.29, 1.82) is 0 Å². The van der Waals surface area contributed by atoms with Gasteiger partial charge >= 0.3 is 0 Å². The summed E-state index contributed by atoms with van der Waals surface area (Å²) in [5, 5.41) is 13.9. The molecule has 174 valence electrons. The van der Waals surface area contributed by atoms with Gasteiger partial charge in [0.1, 0.15) is 5.56 Å². The molecular formula is C26H26N4O4. The number of para-hydroxylation sites is 1. The van der Waals surface area contributed by atoms with Gasteiger partial charge < -0.3 is 15.1 Å². The summed E-state index contributed by atoms with van der Waals surface area (Å²) in [6, 6.07) is 21.0. The van der Waals surface area contributed by atoms with Crippen LogP contribution in [0.3, 0.4) is 0 Å². The minimum absolute atomic E-state index is 0.0155. The summed E-state index contributed by atoms with van der Waals surface area (Å²) < 4.78 is 0. The molecule has 1 aliphatic heterocycles. The van der Waals surface area contributed by atoms with Crippen LogP contribution in [0.25, 0.3) is 0 Å². The number of amides is 2. The van der Waals surface area contributed by atoms with Gasteiger partial charge in [-0.15, -0.1) is 0 Å². The van der Waals surface area contributed by atoms with E-state index in [1.54, 1.807) is 18.2 Å². The predicted molar refractivity (Wildman–Crippen MR) is 131 cm³/mol. The van der Waals surface area contributed by atoms with E-state index in [-0.39, 0.29) is 17.2 Å². The highest BCUT2D eigenvalue weighted by Gasteiger charge is 2.23. The van der Waals surface area contributed by atoms with Crippen LogP contribution in [0.1, 0.15) is 33.2 Å². The van der Waals surface area contributed by atoms with Crippen LogP contribution in [0.5, 0.6) is 0 Å².